The molecule has 5 aromatic rings. The van der Waals surface area contributed by atoms with Crippen LogP contribution in [0.25, 0.3) is 11.0 Å². The number of aromatic amines is 1. The second-order valence-electron chi connectivity index (χ2n) is 20.8. The third kappa shape index (κ3) is 8.91. The minimum atomic E-state index is -4.75. The Bertz CT molecular complexity index is 2950. The van der Waals surface area contributed by atoms with Crippen LogP contribution in [0.1, 0.15) is 118 Å². The number of ether oxygens (including phenoxy) is 3. The van der Waals surface area contributed by atoms with Crippen LogP contribution in [0.2, 0.25) is 0 Å². The number of rotatable bonds is 13. The molecule has 6 aliphatic rings. The van der Waals surface area contributed by atoms with E-state index in [0.717, 1.165) is 56.7 Å². The zero-order valence-corrected chi connectivity index (χ0v) is 40.4. The number of amides is 1. The molecule has 0 bridgehead atoms. The molecular formula is C52H60FN7O9S. The standard InChI is InChI=1S/C52H60FN7O9S/c1-3-67-50-46(26-39-40(53)27-54-48(39)56-50)69-44-23-33(58-21-19-52(20-22-58)29-59(30-52)42-10-6-9-37(42)36-8-5-4-7-35(36)31-11-12-31)13-14-38(44)49(61)57-70(65,66)34-24-43(60(63)64)47-45(25-34)68-28-41(55-47)32-15-17-51(2,62)18-16-32/h4-5,7-8,13-14,23-27,31-32,37,41-42,55,62H,3,6,9-12,15-22,28-30H2,1-2H3,(H,54,56)(H,57,61)/t32-,37-,41-,42-,51-/m1/s1. The van der Waals surface area contributed by atoms with E-state index >= 15 is 0 Å². The largest absolute Gasteiger partial charge is 0.489 e. The van der Waals surface area contributed by atoms with Crippen LogP contribution in [0.5, 0.6) is 23.1 Å². The number of aromatic nitrogens is 2. The number of nitrogens with zero attached hydrogens (tertiary/aromatic N) is 4. The molecule has 2 aromatic heterocycles. The van der Waals surface area contributed by atoms with Gasteiger partial charge in [-0.1, -0.05) is 30.7 Å². The fraction of sp³-hybridized carbons (Fsp3) is 0.500. The van der Waals surface area contributed by atoms with Crippen LogP contribution in [0.15, 0.2) is 71.8 Å². The van der Waals surface area contributed by atoms with Crippen LogP contribution < -0.4 is 29.1 Å². The molecule has 70 heavy (non-hydrogen) atoms. The Kier molecular flexibility index (Phi) is 11.9. The van der Waals surface area contributed by atoms with Crippen molar-refractivity contribution in [1.82, 2.24) is 19.6 Å². The first kappa shape index (κ1) is 46.4. The lowest BCUT2D eigenvalue weighted by Crippen LogP contribution is -2.63. The van der Waals surface area contributed by atoms with Gasteiger partial charge in [-0.15, -0.1) is 0 Å². The van der Waals surface area contributed by atoms with E-state index in [4.69, 9.17) is 14.2 Å². The van der Waals surface area contributed by atoms with Gasteiger partial charge in [0, 0.05) is 68.4 Å². The maximum atomic E-state index is 14.9. The monoisotopic (exact) mass is 977 g/mol. The molecule has 2 saturated heterocycles. The number of nitro benzene ring substituents is 1. The summed E-state index contributed by atoms with van der Waals surface area (Å²) in [7, 11) is -4.75. The van der Waals surface area contributed by atoms with Gasteiger partial charge in [0.25, 0.3) is 27.5 Å². The molecule has 16 nitrogen and oxygen atoms in total. The Hall–Kier alpha value is -5.98. The number of hydrogen-bond donors (Lipinski definition) is 4. The van der Waals surface area contributed by atoms with E-state index in [9.17, 15) is 32.8 Å². The summed E-state index contributed by atoms with van der Waals surface area (Å²) in [5.74, 6) is -0.283. The van der Waals surface area contributed by atoms with E-state index in [-0.39, 0.29) is 76.0 Å². The van der Waals surface area contributed by atoms with Gasteiger partial charge in [-0.2, -0.15) is 4.98 Å². The molecule has 370 valence electrons. The number of likely N-dealkylation sites (tertiary alicyclic amines) is 1. The van der Waals surface area contributed by atoms with Gasteiger partial charge in [0.1, 0.15) is 23.8 Å². The van der Waals surface area contributed by atoms with Crippen molar-refractivity contribution < 1.29 is 41.8 Å². The molecule has 3 aliphatic carbocycles. The number of halogens is 1. The molecule has 5 fully saturated rings. The average molecular weight is 978 g/mol. The van der Waals surface area contributed by atoms with E-state index in [1.807, 2.05) is 0 Å². The van der Waals surface area contributed by atoms with Crippen molar-refractivity contribution in [3.63, 3.8) is 0 Å². The molecular weight excluding hydrogens is 918 g/mol. The summed E-state index contributed by atoms with van der Waals surface area (Å²) >= 11 is 0. The number of hydrogen-bond acceptors (Lipinski definition) is 13. The Balaban J connectivity index is 0.833. The van der Waals surface area contributed by atoms with Gasteiger partial charge < -0.3 is 34.5 Å². The number of aliphatic hydroxyl groups is 1. The van der Waals surface area contributed by atoms with Gasteiger partial charge in [0.2, 0.25) is 0 Å². The van der Waals surface area contributed by atoms with Crippen molar-refractivity contribution in [1.29, 1.82) is 0 Å². The van der Waals surface area contributed by atoms with Crippen molar-refractivity contribution in [2.45, 2.75) is 119 Å². The quantitative estimate of drug-likeness (QED) is 0.0643. The van der Waals surface area contributed by atoms with Gasteiger partial charge >= 0.3 is 0 Å². The highest BCUT2D eigenvalue weighted by atomic mass is 32.2. The first-order valence-corrected chi connectivity index (χ1v) is 26.4. The minimum absolute atomic E-state index is 0.00547. The number of sulfonamides is 1. The van der Waals surface area contributed by atoms with Crippen molar-refractivity contribution in [3.8, 4) is 23.1 Å². The van der Waals surface area contributed by atoms with Crippen molar-refractivity contribution in [2.24, 2.45) is 11.3 Å². The van der Waals surface area contributed by atoms with Gasteiger partial charge in [-0.25, -0.2) is 17.5 Å². The molecule has 0 unspecified atom stereocenters. The Labute approximate surface area is 406 Å². The smallest absolute Gasteiger partial charge is 0.297 e. The Morgan fingerprint density at radius 2 is 1.76 bits per heavy atom. The van der Waals surface area contributed by atoms with Gasteiger partial charge in [0.15, 0.2) is 17.2 Å². The van der Waals surface area contributed by atoms with Crippen molar-refractivity contribution >= 4 is 44.0 Å². The predicted molar refractivity (Wildman–Crippen MR) is 261 cm³/mol. The predicted octanol–water partition coefficient (Wildman–Crippen LogP) is 9.15. The van der Waals surface area contributed by atoms with E-state index in [0.29, 0.717) is 37.6 Å². The summed E-state index contributed by atoms with van der Waals surface area (Å²) in [5.41, 5.74) is 2.92. The van der Waals surface area contributed by atoms with E-state index in [1.54, 1.807) is 37.1 Å². The molecule has 3 aromatic carbocycles. The molecule has 3 atom stereocenters. The topological polar surface area (TPSA) is 201 Å². The van der Waals surface area contributed by atoms with Gasteiger partial charge in [-0.3, -0.25) is 19.8 Å². The molecule has 3 saturated carbocycles. The summed E-state index contributed by atoms with van der Waals surface area (Å²) in [6.45, 7) is 7.54. The van der Waals surface area contributed by atoms with Crippen LogP contribution in [0.3, 0.4) is 0 Å². The lowest BCUT2D eigenvalue weighted by atomic mass is 9.70. The fourth-order valence-electron chi connectivity index (χ4n) is 12.0. The van der Waals surface area contributed by atoms with Crippen LogP contribution in [-0.4, -0.2) is 96.3 Å². The highest BCUT2D eigenvalue weighted by Gasteiger charge is 2.50. The number of nitrogens with one attached hydrogen (secondary N) is 3. The maximum Gasteiger partial charge on any atom is 0.297 e. The molecule has 11 rings (SSSR count). The van der Waals surface area contributed by atoms with Crippen LogP contribution >= 0.6 is 0 Å². The summed E-state index contributed by atoms with van der Waals surface area (Å²) in [6.07, 6.45) is 12.0. The van der Waals surface area contributed by atoms with E-state index in [2.05, 4.69) is 54.1 Å². The Morgan fingerprint density at radius 3 is 2.49 bits per heavy atom. The number of piperidine rings is 1. The number of pyridine rings is 1. The van der Waals surface area contributed by atoms with Crippen molar-refractivity contribution in [2.75, 3.05) is 49.6 Å². The van der Waals surface area contributed by atoms with Gasteiger partial charge in [0.05, 0.1) is 39.0 Å². The zero-order chi connectivity index (χ0) is 48.5. The summed E-state index contributed by atoms with van der Waals surface area (Å²) in [4.78, 5) is 37.7. The number of anilines is 2. The molecule has 1 amide bonds. The summed E-state index contributed by atoms with van der Waals surface area (Å²) in [6, 6.07) is 17.8. The molecule has 1 spiro atoms. The number of nitro groups is 1. The fourth-order valence-corrected chi connectivity index (χ4v) is 13.0. The number of H-pyrrole nitrogens is 1. The number of carbonyl (C=O) groups excluding carboxylic acids is 1. The third-order valence-corrected chi connectivity index (χ3v) is 17.4. The van der Waals surface area contributed by atoms with Crippen LogP contribution in [0.4, 0.5) is 21.5 Å². The molecule has 0 radical (unpaired) electrons. The normalized spacial score (nSPS) is 25.4. The summed E-state index contributed by atoms with van der Waals surface area (Å²) in [5, 5.41) is 26.3. The van der Waals surface area contributed by atoms with E-state index < -0.39 is 42.9 Å². The molecule has 4 N–H and O–H groups in total. The lowest BCUT2D eigenvalue weighted by Gasteiger charge is -2.57. The molecule has 18 heteroatoms. The summed E-state index contributed by atoms with van der Waals surface area (Å²) < 4.78 is 63.4. The van der Waals surface area contributed by atoms with Crippen LogP contribution in [-0.2, 0) is 10.0 Å². The number of fused-ring (bicyclic) bond motifs is 2. The second kappa shape index (κ2) is 18.0. The Morgan fingerprint density at radius 1 is 1.00 bits per heavy atom. The molecule has 5 heterocycles. The number of benzene rings is 3. The minimum Gasteiger partial charge on any atom is -0.489 e. The maximum absolute atomic E-state index is 14.9. The van der Waals surface area contributed by atoms with Crippen LogP contribution in [0, 0.1) is 27.3 Å². The molecule has 3 aliphatic heterocycles. The first-order chi connectivity index (χ1) is 33.7. The third-order valence-electron chi connectivity index (χ3n) is 16.1. The van der Waals surface area contributed by atoms with Gasteiger partial charge in [-0.05, 0) is 124 Å². The average Bonchev–Trinajstić information content (AvgIpc) is 3.97. The second-order valence-corrected chi connectivity index (χ2v) is 22.5. The number of carbonyl (C=O) groups is 1. The SMILES string of the molecule is CCOc1nc2[nH]cc(F)c2cc1Oc1cc(N2CCC3(CC2)CN([C@@H]2CCC[C@@H]2c2ccccc2C2CC2)C3)ccc1C(=O)NS(=O)(=O)c1cc2c(c([N+](=O)[O-])c1)N[C@@H]([C@H]1CC[C@](C)(O)CC1)CO2. The van der Waals surface area contributed by atoms with E-state index in [1.165, 1.54) is 56.5 Å². The highest BCUT2D eigenvalue weighted by molar-refractivity contribution is 7.90. The first-order valence-electron chi connectivity index (χ1n) is 24.9. The zero-order valence-electron chi connectivity index (χ0n) is 39.5. The van der Waals surface area contributed by atoms with Crippen molar-refractivity contribution in [3.05, 3.63) is 99.5 Å². The lowest BCUT2D eigenvalue weighted by molar-refractivity contribution is -0.384. The highest BCUT2D eigenvalue weighted by Crippen LogP contribution is 2.51.